The van der Waals surface area contributed by atoms with Crippen molar-refractivity contribution in [1.29, 1.82) is 0 Å². The Morgan fingerprint density at radius 2 is 2.08 bits per heavy atom. The SMILES string of the molecule is CC1C[C@@H](C)C(NS(=O)(=O)O)CO1. The molecule has 0 bridgehead atoms. The van der Waals surface area contributed by atoms with Crippen LogP contribution in [0.2, 0.25) is 0 Å². The van der Waals surface area contributed by atoms with Crippen LogP contribution in [0.4, 0.5) is 0 Å². The Kier molecular flexibility index (Phi) is 3.28. The van der Waals surface area contributed by atoms with Crippen LogP contribution in [0, 0.1) is 5.92 Å². The van der Waals surface area contributed by atoms with Crippen LogP contribution in [0.5, 0.6) is 0 Å². The summed E-state index contributed by atoms with van der Waals surface area (Å²) in [7, 11) is -4.10. The van der Waals surface area contributed by atoms with Crippen LogP contribution in [-0.2, 0) is 15.0 Å². The van der Waals surface area contributed by atoms with E-state index in [2.05, 4.69) is 4.72 Å². The van der Waals surface area contributed by atoms with Gasteiger partial charge in [-0.15, -0.1) is 0 Å². The van der Waals surface area contributed by atoms with Gasteiger partial charge in [0.05, 0.1) is 12.7 Å². The number of hydrogen-bond acceptors (Lipinski definition) is 3. The van der Waals surface area contributed by atoms with Gasteiger partial charge in [0.25, 0.3) is 0 Å². The number of nitrogens with one attached hydrogen (secondary N) is 1. The average Bonchev–Trinajstić information content (AvgIpc) is 1.93. The van der Waals surface area contributed by atoms with Crippen molar-refractivity contribution in [2.45, 2.75) is 32.4 Å². The Morgan fingerprint density at radius 3 is 2.54 bits per heavy atom. The molecule has 0 aromatic heterocycles. The zero-order valence-electron chi connectivity index (χ0n) is 7.73. The Balaban J connectivity index is 2.52. The van der Waals surface area contributed by atoms with E-state index in [0.717, 1.165) is 6.42 Å². The first-order valence-electron chi connectivity index (χ1n) is 4.25. The molecule has 1 rings (SSSR count). The van der Waals surface area contributed by atoms with Crippen molar-refractivity contribution in [3.05, 3.63) is 0 Å². The molecule has 5 nitrogen and oxygen atoms in total. The van der Waals surface area contributed by atoms with Crippen LogP contribution in [0.1, 0.15) is 20.3 Å². The van der Waals surface area contributed by atoms with Gasteiger partial charge >= 0.3 is 10.3 Å². The van der Waals surface area contributed by atoms with E-state index in [0.29, 0.717) is 6.61 Å². The van der Waals surface area contributed by atoms with E-state index >= 15 is 0 Å². The second kappa shape index (κ2) is 3.91. The highest BCUT2D eigenvalue weighted by molar-refractivity contribution is 7.83. The molecule has 0 amide bonds. The van der Waals surface area contributed by atoms with Crippen LogP contribution >= 0.6 is 0 Å². The lowest BCUT2D eigenvalue weighted by Gasteiger charge is -2.32. The van der Waals surface area contributed by atoms with Crippen LogP contribution < -0.4 is 4.72 Å². The molecule has 2 N–H and O–H groups in total. The normalized spacial score (nSPS) is 36.1. The van der Waals surface area contributed by atoms with Crippen LogP contribution in [0.3, 0.4) is 0 Å². The molecule has 0 saturated carbocycles. The highest BCUT2D eigenvalue weighted by atomic mass is 32.2. The molecule has 0 spiro atoms. The Bertz CT molecular complexity index is 264. The number of rotatable bonds is 2. The van der Waals surface area contributed by atoms with Gasteiger partial charge in [0.1, 0.15) is 0 Å². The fourth-order valence-corrected chi connectivity index (χ4v) is 2.21. The summed E-state index contributed by atoms with van der Waals surface area (Å²) in [6.45, 7) is 4.20. The van der Waals surface area contributed by atoms with Crippen LogP contribution in [-0.4, -0.2) is 31.7 Å². The third kappa shape index (κ3) is 3.60. The van der Waals surface area contributed by atoms with Crippen molar-refractivity contribution in [2.24, 2.45) is 5.92 Å². The summed E-state index contributed by atoms with van der Waals surface area (Å²) in [5, 5.41) is 0. The molecule has 3 atom stereocenters. The molecule has 0 radical (unpaired) electrons. The van der Waals surface area contributed by atoms with E-state index in [1.54, 1.807) is 0 Å². The van der Waals surface area contributed by atoms with Gasteiger partial charge in [0, 0.05) is 6.04 Å². The predicted molar refractivity (Wildman–Crippen MR) is 47.7 cm³/mol. The van der Waals surface area contributed by atoms with Crippen LogP contribution in [0.15, 0.2) is 0 Å². The summed E-state index contributed by atoms with van der Waals surface area (Å²) in [6, 6.07) is -0.314. The molecular formula is C7H15NO4S. The maximum Gasteiger partial charge on any atom is 0.333 e. The molecule has 13 heavy (non-hydrogen) atoms. The van der Waals surface area contributed by atoms with Gasteiger partial charge in [-0.1, -0.05) is 6.92 Å². The third-order valence-corrected chi connectivity index (χ3v) is 2.85. The molecule has 0 aliphatic carbocycles. The topological polar surface area (TPSA) is 75.6 Å². The first-order valence-corrected chi connectivity index (χ1v) is 5.69. The maximum absolute atomic E-state index is 10.5. The molecule has 1 aliphatic rings. The molecule has 1 fully saturated rings. The van der Waals surface area contributed by atoms with Gasteiger partial charge < -0.3 is 4.74 Å². The molecule has 1 aliphatic heterocycles. The summed E-state index contributed by atoms with van der Waals surface area (Å²) in [6.07, 6.45) is 0.960. The quantitative estimate of drug-likeness (QED) is 0.637. The van der Waals surface area contributed by atoms with E-state index in [4.69, 9.17) is 9.29 Å². The molecule has 1 saturated heterocycles. The fraction of sp³-hybridized carbons (Fsp3) is 1.00. The van der Waals surface area contributed by atoms with Crippen molar-refractivity contribution < 1.29 is 17.7 Å². The minimum Gasteiger partial charge on any atom is -0.377 e. The third-order valence-electron chi connectivity index (χ3n) is 2.25. The van der Waals surface area contributed by atoms with E-state index < -0.39 is 10.3 Å². The zero-order chi connectivity index (χ0) is 10.1. The molecule has 2 unspecified atom stereocenters. The lowest BCUT2D eigenvalue weighted by molar-refractivity contribution is -0.0109. The van der Waals surface area contributed by atoms with Crippen molar-refractivity contribution in [2.75, 3.05) is 6.61 Å². The van der Waals surface area contributed by atoms with Crippen molar-refractivity contribution in [1.82, 2.24) is 4.72 Å². The van der Waals surface area contributed by atoms with E-state index in [9.17, 15) is 8.42 Å². The van der Waals surface area contributed by atoms with E-state index in [-0.39, 0.29) is 18.1 Å². The molecule has 0 aromatic rings. The lowest BCUT2D eigenvalue weighted by atomic mass is 9.94. The average molecular weight is 209 g/mol. The fourth-order valence-electron chi connectivity index (χ4n) is 1.53. The summed E-state index contributed by atoms with van der Waals surface area (Å²) in [5.41, 5.74) is 0. The van der Waals surface area contributed by atoms with Crippen molar-refractivity contribution in [3.8, 4) is 0 Å². The molecule has 1 heterocycles. The predicted octanol–water partition coefficient (Wildman–Crippen LogP) is 0.192. The first kappa shape index (κ1) is 10.9. The number of ether oxygens (including phenoxy) is 1. The Labute approximate surface area is 78.4 Å². The Morgan fingerprint density at radius 1 is 1.46 bits per heavy atom. The number of hydrogen-bond donors (Lipinski definition) is 2. The van der Waals surface area contributed by atoms with Gasteiger partial charge in [-0.2, -0.15) is 13.1 Å². The second-order valence-electron chi connectivity index (χ2n) is 3.56. The highest BCUT2D eigenvalue weighted by Gasteiger charge is 2.28. The van der Waals surface area contributed by atoms with E-state index in [1.165, 1.54) is 0 Å². The monoisotopic (exact) mass is 209 g/mol. The highest BCUT2D eigenvalue weighted by Crippen LogP contribution is 2.19. The van der Waals surface area contributed by atoms with Gasteiger partial charge in [-0.3, -0.25) is 4.55 Å². The summed E-state index contributed by atoms with van der Waals surface area (Å²) < 4.78 is 37.0. The zero-order valence-corrected chi connectivity index (χ0v) is 8.54. The second-order valence-corrected chi connectivity index (χ2v) is 4.74. The smallest absolute Gasteiger partial charge is 0.333 e. The lowest BCUT2D eigenvalue weighted by Crippen LogP contribution is -2.47. The van der Waals surface area contributed by atoms with Crippen LogP contribution in [0.25, 0.3) is 0 Å². The standard InChI is InChI=1S/C7H15NO4S/c1-5-3-6(2)12-4-7(5)8-13(9,10)11/h5-8H,3-4H2,1-2H3,(H,9,10,11)/t5-,6?,7?/m1/s1. The minimum atomic E-state index is -4.10. The molecule has 6 heteroatoms. The summed E-state index contributed by atoms with van der Waals surface area (Å²) >= 11 is 0. The van der Waals surface area contributed by atoms with Gasteiger partial charge in [0.2, 0.25) is 0 Å². The van der Waals surface area contributed by atoms with Gasteiger partial charge in [-0.25, -0.2) is 0 Å². The summed E-state index contributed by atoms with van der Waals surface area (Å²) in [4.78, 5) is 0. The van der Waals surface area contributed by atoms with Crippen molar-refractivity contribution in [3.63, 3.8) is 0 Å². The van der Waals surface area contributed by atoms with Gasteiger partial charge in [-0.05, 0) is 19.3 Å². The summed E-state index contributed by atoms with van der Waals surface area (Å²) in [5.74, 6) is 0.186. The van der Waals surface area contributed by atoms with Gasteiger partial charge in [0.15, 0.2) is 0 Å². The van der Waals surface area contributed by atoms with Crippen molar-refractivity contribution >= 4 is 10.3 Å². The minimum absolute atomic E-state index is 0.162. The Hall–Kier alpha value is -0.170. The molecule has 0 aromatic carbocycles. The molecular weight excluding hydrogens is 194 g/mol. The largest absolute Gasteiger partial charge is 0.377 e. The maximum atomic E-state index is 10.5. The molecule has 78 valence electrons. The van der Waals surface area contributed by atoms with E-state index in [1.807, 2.05) is 13.8 Å². The first-order chi connectivity index (χ1) is 5.88.